The summed E-state index contributed by atoms with van der Waals surface area (Å²) in [5.41, 5.74) is 3.30. The highest BCUT2D eigenvalue weighted by Crippen LogP contribution is 2.32. The molecule has 2 aromatic heterocycles. The summed E-state index contributed by atoms with van der Waals surface area (Å²) in [6.07, 6.45) is 2.58. The third-order valence-corrected chi connectivity index (χ3v) is 4.40. The number of aromatic nitrogens is 2. The van der Waals surface area contributed by atoms with Gasteiger partial charge in [0.2, 0.25) is 0 Å². The smallest absolute Gasteiger partial charge is 0.0900 e. The summed E-state index contributed by atoms with van der Waals surface area (Å²) in [6, 6.07) is 4.01. The molecule has 17 heavy (non-hydrogen) atoms. The second-order valence-electron chi connectivity index (χ2n) is 4.12. The molecule has 0 radical (unpaired) electrons. The maximum atomic E-state index is 6.46. The van der Waals surface area contributed by atoms with Gasteiger partial charge in [-0.3, -0.25) is 4.98 Å². The van der Waals surface area contributed by atoms with Crippen molar-refractivity contribution in [3.8, 4) is 0 Å². The predicted octanol–water partition coefficient (Wildman–Crippen LogP) is 3.99. The fourth-order valence-electron chi connectivity index (χ4n) is 1.83. The average molecular weight is 267 g/mol. The van der Waals surface area contributed by atoms with Crippen LogP contribution in [-0.4, -0.2) is 9.97 Å². The van der Waals surface area contributed by atoms with Gasteiger partial charge in [-0.1, -0.05) is 6.07 Å². The zero-order valence-corrected chi connectivity index (χ0v) is 11.8. The van der Waals surface area contributed by atoms with Gasteiger partial charge in [-0.25, -0.2) is 4.98 Å². The second-order valence-corrected chi connectivity index (χ2v) is 5.88. The number of halogens is 1. The lowest BCUT2D eigenvalue weighted by atomic mass is 10.1. The molecule has 0 N–H and O–H groups in total. The lowest BCUT2D eigenvalue weighted by Crippen LogP contribution is -2.00. The molecule has 0 aliphatic carbocycles. The number of alkyl halides is 1. The minimum absolute atomic E-state index is 0.0326. The molecule has 4 heteroatoms. The minimum Gasteiger partial charge on any atom is -0.261 e. The Morgan fingerprint density at radius 2 is 2.12 bits per heavy atom. The quantitative estimate of drug-likeness (QED) is 0.785. The van der Waals surface area contributed by atoms with Crippen molar-refractivity contribution in [3.05, 3.63) is 45.2 Å². The fraction of sp³-hybridized carbons (Fsp3) is 0.385. The fourth-order valence-corrected chi connectivity index (χ4v) is 3.18. The van der Waals surface area contributed by atoms with Gasteiger partial charge in [-0.15, -0.1) is 22.9 Å². The molecule has 0 aliphatic rings. The van der Waals surface area contributed by atoms with Gasteiger partial charge in [-0.05, 0) is 32.4 Å². The van der Waals surface area contributed by atoms with Crippen LogP contribution in [0.15, 0.2) is 18.3 Å². The van der Waals surface area contributed by atoms with Gasteiger partial charge >= 0.3 is 0 Å². The van der Waals surface area contributed by atoms with Crippen LogP contribution < -0.4 is 0 Å². The van der Waals surface area contributed by atoms with E-state index in [1.807, 2.05) is 26.1 Å². The average Bonchev–Trinajstić information content (AvgIpc) is 2.61. The highest BCUT2D eigenvalue weighted by Gasteiger charge is 2.16. The lowest BCUT2D eigenvalue weighted by Gasteiger charge is -2.09. The van der Waals surface area contributed by atoms with Crippen molar-refractivity contribution in [1.82, 2.24) is 9.97 Å². The first-order valence-electron chi connectivity index (χ1n) is 5.56. The molecule has 1 atom stereocenters. The Labute approximate surface area is 111 Å². The molecule has 0 aliphatic heterocycles. The predicted molar refractivity (Wildman–Crippen MR) is 72.9 cm³/mol. The maximum absolute atomic E-state index is 6.46. The summed E-state index contributed by atoms with van der Waals surface area (Å²) < 4.78 is 0. The Kier molecular flexibility index (Phi) is 3.79. The van der Waals surface area contributed by atoms with Crippen molar-refractivity contribution in [2.24, 2.45) is 0 Å². The van der Waals surface area contributed by atoms with Gasteiger partial charge in [-0.2, -0.15) is 0 Å². The molecule has 0 fully saturated rings. The topological polar surface area (TPSA) is 25.8 Å². The third-order valence-electron chi connectivity index (χ3n) is 2.71. The van der Waals surface area contributed by atoms with Crippen LogP contribution in [0.1, 0.15) is 32.2 Å². The molecule has 1 unspecified atom stereocenters. The SMILES string of the molecule is Cc1nc(C)c(C(Cl)Cc2ncccc2C)s1. The van der Waals surface area contributed by atoms with E-state index in [0.29, 0.717) is 0 Å². The number of nitrogens with zero attached hydrogens (tertiary/aromatic N) is 2. The Balaban J connectivity index is 2.20. The summed E-state index contributed by atoms with van der Waals surface area (Å²) in [5, 5.41) is 1.04. The molecule has 0 spiro atoms. The van der Waals surface area contributed by atoms with Crippen LogP contribution in [0.2, 0.25) is 0 Å². The van der Waals surface area contributed by atoms with Gasteiger partial charge in [0.1, 0.15) is 0 Å². The Hall–Kier alpha value is -0.930. The molecule has 0 aromatic carbocycles. The highest BCUT2D eigenvalue weighted by molar-refractivity contribution is 7.12. The zero-order valence-electron chi connectivity index (χ0n) is 10.2. The van der Waals surface area contributed by atoms with Crippen LogP contribution in [0.5, 0.6) is 0 Å². The van der Waals surface area contributed by atoms with E-state index in [0.717, 1.165) is 27.7 Å². The summed E-state index contributed by atoms with van der Waals surface area (Å²) in [5.74, 6) is 0. The molecule has 2 rings (SSSR count). The van der Waals surface area contributed by atoms with E-state index in [9.17, 15) is 0 Å². The molecule has 0 amide bonds. The largest absolute Gasteiger partial charge is 0.261 e. The first-order valence-corrected chi connectivity index (χ1v) is 6.81. The van der Waals surface area contributed by atoms with E-state index in [-0.39, 0.29) is 5.38 Å². The Bertz CT molecular complexity index is 522. The van der Waals surface area contributed by atoms with Gasteiger partial charge in [0.25, 0.3) is 0 Å². The first kappa shape index (κ1) is 12.5. The van der Waals surface area contributed by atoms with Crippen LogP contribution in [0, 0.1) is 20.8 Å². The number of pyridine rings is 1. The van der Waals surface area contributed by atoms with Gasteiger partial charge in [0, 0.05) is 23.2 Å². The summed E-state index contributed by atoms with van der Waals surface area (Å²) in [7, 11) is 0. The monoisotopic (exact) mass is 266 g/mol. The molecule has 2 aromatic rings. The Morgan fingerprint density at radius 3 is 2.71 bits per heavy atom. The van der Waals surface area contributed by atoms with E-state index >= 15 is 0 Å². The van der Waals surface area contributed by atoms with Crippen molar-refractivity contribution in [3.63, 3.8) is 0 Å². The molecule has 0 bridgehead atoms. The second kappa shape index (κ2) is 5.15. The lowest BCUT2D eigenvalue weighted by molar-refractivity contribution is 0.873. The molecular weight excluding hydrogens is 252 g/mol. The van der Waals surface area contributed by atoms with Crippen LogP contribution in [-0.2, 0) is 6.42 Å². The highest BCUT2D eigenvalue weighted by atomic mass is 35.5. The van der Waals surface area contributed by atoms with Gasteiger partial charge < -0.3 is 0 Å². The molecule has 0 saturated heterocycles. The van der Waals surface area contributed by atoms with E-state index in [1.165, 1.54) is 5.56 Å². The van der Waals surface area contributed by atoms with E-state index in [1.54, 1.807) is 11.3 Å². The summed E-state index contributed by atoms with van der Waals surface area (Å²) in [4.78, 5) is 9.95. The molecule has 2 heterocycles. The molecular formula is C13H15ClN2S. The number of hydrogen-bond donors (Lipinski definition) is 0. The Morgan fingerprint density at radius 1 is 1.35 bits per heavy atom. The van der Waals surface area contributed by atoms with Crippen LogP contribution >= 0.6 is 22.9 Å². The first-order chi connectivity index (χ1) is 8.08. The van der Waals surface area contributed by atoms with Crippen molar-refractivity contribution < 1.29 is 0 Å². The molecule has 2 nitrogen and oxygen atoms in total. The van der Waals surface area contributed by atoms with Crippen LogP contribution in [0.25, 0.3) is 0 Å². The molecule has 90 valence electrons. The third kappa shape index (κ3) is 2.85. The van der Waals surface area contributed by atoms with Crippen molar-refractivity contribution in [2.75, 3.05) is 0 Å². The number of rotatable bonds is 3. The summed E-state index contributed by atoms with van der Waals surface area (Å²) >= 11 is 8.14. The van der Waals surface area contributed by atoms with E-state index < -0.39 is 0 Å². The van der Waals surface area contributed by atoms with Gasteiger partial charge in [0.05, 0.1) is 16.1 Å². The van der Waals surface area contributed by atoms with E-state index in [2.05, 4.69) is 23.0 Å². The number of hydrogen-bond acceptors (Lipinski definition) is 3. The van der Waals surface area contributed by atoms with E-state index in [4.69, 9.17) is 11.6 Å². The minimum atomic E-state index is -0.0326. The van der Waals surface area contributed by atoms with Crippen molar-refractivity contribution in [1.29, 1.82) is 0 Å². The standard InChI is InChI=1S/C13H15ClN2S/c1-8-5-4-6-15-12(8)7-11(14)13-9(2)16-10(3)17-13/h4-6,11H,7H2,1-3H3. The van der Waals surface area contributed by atoms with Crippen molar-refractivity contribution >= 4 is 22.9 Å². The van der Waals surface area contributed by atoms with Crippen LogP contribution in [0.3, 0.4) is 0 Å². The van der Waals surface area contributed by atoms with Crippen molar-refractivity contribution in [2.45, 2.75) is 32.6 Å². The summed E-state index contributed by atoms with van der Waals surface area (Å²) in [6.45, 7) is 6.09. The number of thiazole rings is 1. The molecule has 0 saturated carbocycles. The maximum Gasteiger partial charge on any atom is 0.0900 e. The number of aryl methyl sites for hydroxylation is 3. The van der Waals surface area contributed by atoms with Crippen LogP contribution in [0.4, 0.5) is 0 Å². The van der Waals surface area contributed by atoms with Gasteiger partial charge in [0.15, 0.2) is 0 Å². The normalized spacial score (nSPS) is 12.7. The zero-order chi connectivity index (χ0) is 12.4.